The van der Waals surface area contributed by atoms with Crippen LogP contribution in [0.15, 0.2) is 48.5 Å². The molecule has 0 bridgehead atoms. The van der Waals surface area contributed by atoms with Crippen LogP contribution in [0.1, 0.15) is 30.4 Å². The van der Waals surface area contributed by atoms with E-state index in [0.717, 1.165) is 29.4 Å². The van der Waals surface area contributed by atoms with Gasteiger partial charge in [0, 0.05) is 13.0 Å². The van der Waals surface area contributed by atoms with Crippen LogP contribution in [-0.4, -0.2) is 61.2 Å². The number of carboxylic acids is 1. The molecule has 11 heteroatoms. The molecule has 35 heavy (non-hydrogen) atoms. The molecule has 0 fully saturated rings. The van der Waals surface area contributed by atoms with E-state index in [0.29, 0.717) is 0 Å². The van der Waals surface area contributed by atoms with Crippen molar-refractivity contribution < 1.29 is 42.1 Å². The van der Waals surface area contributed by atoms with Gasteiger partial charge < -0.3 is 25.2 Å². The number of carbonyl (C=O) groups excluding carboxylic acids is 2. The summed E-state index contributed by atoms with van der Waals surface area (Å²) in [7, 11) is 1.15. The van der Waals surface area contributed by atoms with Crippen LogP contribution in [0.4, 0.5) is 18.0 Å². The van der Waals surface area contributed by atoms with Gasteiger partial charge in [-0.1, -0.05) is 55.5 Å². The van der Waals surface area contributed by atoms with Gasteiger partial charge in [-0.25, -0.2) is 9.59 Å². The first-order valence-corrected chi connectivity index (χ1v) is 10.8. The molecule has 1 aliphatic rings. The second kappa shape index (κ2) is 10.3. The molecule has 2 aromatic carbocycles. The van der Waals surface area contributed by atoms with Gasteiger partial charge in [0.25, 0.3) is 5.91 Å². The molecule has 0 saturated carbocycles. The number of carboxylic acid groups (broad SMARTS) is 1. The van der Waals surface area contributed by atoms with Crippen molar-refractivity contribution in [1.29, 1.82) is 0 Å². The zero-order valence-electron chi connectivity index (χ0n) is 19.0. The normalized spacial score (nSPS) is 15.3. The lowest BCUT2D eigenvalue weighted by Crippen LogP contribution is -2.64. The third-order valence-electron chi connectivity index (χ3n) is 5.96. The van der Waals surface area contributed by atoms with Gasteiger partial charge >= 0.3 is 18.2 Å². The summed E-state index contributed by atoms with van der Waals surface area (Å²) in [6.07, 6.45) is -6.92. The number of benzene rings is 2. The third-order valence-corrected chi connectivity index (χ3v) is 5.96. The maximum atomic E-state index is 13.6. The first-order chi connectivity index (χ1) is 16.5. The fraction of sp³-hybridized carbons (Fsp3) is 0.375. The van der Waals surface area contributed by atoms with Crippen LogP contribution in [0, 0.1) is 0 Å². The van der Waals surface area contributed by atoms with Gasteiger partial charge in [0.15, 0.2) is 5.54 Å². The number of amides is 2. The molecule has 0 radical (unpaired) electrons. The minimum absolute atomic E-state index is 0.253. The molecule has 188 valence electrons. The van der Waals surface area contributed by atoms with Crippen LogP contribution in [-0.2, 0) is 19.1 Å². The van der Waals surface area contributed by atoms with Crippen molar-refractivity contribution >= 4 is 18.0 Å². The summed E-state index contributed by atoms with van der Waals surface area (Å²) in [6, 6.07) is 11.8. The van der Waals surface area contributed by atoms with E-state index < -0.39 is 48.3 Å². The van der Waals surface area contributed by atoms with Crippen LogP contribution in [0.25, 0.3) is 11.1 Å². The number of methoxy groups -OCH3 is 1. The van der Waals surface area contributed by atoms with E-state index in [1.54, 1.807) is 0 Å². The molecule has 3 N–H and O–H groups in total. The topological polar surface area (TPSA) is 114 Å². The number of rotatable bonds is 9. The van der Waals surface area contributed by atoms with Crippen molar-refractivity contribution in [1.82, 2.24) is 10.6 Å². The molecule has 2 amide bonds. The molecule has 2 aromatic rings. The summed E-state index contributed by atoms with van der Waals surface area (Å²) in [5.41, 5.74) is 1.50. The Kier molecular flexibility index (Phi) is 7.69. The Bertz CT molecular complexity index is 1060. The van der Waals surface area contributed by atoms with E-state index in [2.05, 4.69) is 0 Å². The van der Waals surface area contributed by atoms with Crippen molar-refractivity contribution in [3.05, 3.63) is 59.7 Å². The Morgan fingerprint density at radius 1 is 1.03 bits per heavy atom. The number of nitrogens with one attached hydrogen (secondary N) is 2. The van der Waals surface area contributed by atoms with Crippen molar-refractivity contribution in [2.45, 2.75) is 37.0 Å². The van der Waals surface area contributed by atoms with Crippen molar-refractivity contribution in [2.75, 3.05) is 20.3 Å². The summed E-state index contributed by atoms with van der Waals surface area (Å²) >= 11 is 0. The minimum atomic E-state index is -5.21. The lowest BCUT2D eigenvalue weighted by Gasteiger charge is -2.31. The predicted molar refractivity (Wildman–Crippen MR) is 119 cm³/mol. The molecule has 0 aromatic heterocycles. The van der Waals surface area contributed by atoms with E-state index in [1.165, 1.54) is 12.2 Å². The number of hydrogen-bond acceptors (Lipinski definition) is 5. The van der Waals surface area contributed by atoms with E-state index in [9.17, 15) is 32.7 Å². The fourth-order valence-electron chi connectivity index (χ4n) is 4.10. The van der Waals surface area contributed by atoms with E-state index in [-0.39, 0.29) is 13.0 Å². The molecule has 8 nitrogen and oxygen atoms in total. The Balaban J connectivity index is 1.73. The van der Waals surface area contributed by atoms with Crippen molar-refractivity contribution in [3.63, 3.8) is 0 Å². The summed E-state index contributed by atoms with van der Waals surface area (Å²) in [4.78, 5) is 36.4. The predicted octanol–water partition coefficient (Wildman–Crippen LogP) is 3.45. The zero-order chi connectivity index (χ0) is 25.8. The molecule has 0 heterocycles. The zero-order valence-corrected chi connectivity index (χ0v) is 19.0. The molecule has 1 aliphatic carbocycles. The molecule has 0 spiro atoms. The Labute approximate surface area is 199 Å². The molecular weight excluding hydrogens is 469 g/mol. The highest BCUT2D eigenvalue weighted by atomic mass is 19.4. The number of ether oxygens (including phenoxy) is 2. The Morgan fingerprint density at radius 2 is 1.57 bits per heavy atom. The maximum absolute atomic E-state index is 13.6. The van der Waals surface area contributed by atoms with Crippen molar-refractivity contribution in [2.24, 2.45) is 0 Å². The lowest BCUT2D eigenvalue weighted by molar-refractivity contribution is -0.171. The van der Waals surface area contributed by atoms with E-state index in [1.807, 2.05) is 53.8 Å². The monoisotopic (exact) mass is 494 g/mol. The van der Waals surface area contributed by atoms with Gasteiger partial charge in [0.05, 0.1) is 6.61 Å². The summed E-state index contributed by atoms with van der Waals surface area (Å²) in [5.74, 6) is -3.71. The number of fused-ring (bicyclic) bond motifs is 3. The van der Waals surface area contributed by atoms with Gasteiger partial charge in [-0.2, -0.15) is 13.2 Å². The number of alkyl carbamates (subject to hydrolysis) is 1. The summed E-state index contributed by atoms with van der Waals surface area (Å²) < 4.78 is 50.7. The minimum Gasteiger partial charge on any atom is -0.479 e. The number of carbonyl (C=O) groups is 3. The molecule has 0 aliphatic heterocycles. The number of aliphatic carboxylic acids is 1. The Morgan fingerprint density at radius 3 is 2.03 bits per heavy atom. The molecule has 2 atom stereocenters. The molecular formula is C24H25F3N2O6. The van der Waals surface area contributed by atoms with E-state index in [4.69, 9.17) is 9.47 Å². The number of alkyl halides is 3. The molecule has 3 rings (SSSR count). The lowest BCUT2D eigenvalue weighted by atomic mass is 9.96. The van der Waals surface area contributed by atoms with Gasteiger partial charge in [-0.15, -0.1) is 0 Å². The van der Waals surface area contributed by atoms with Gasteiger partial charge in [-0.3, -0.25) is 4.79 Å². The van der Waals surface area contributed by atoms with Gasteiger partial charge in [-0.05, 0) is 28.7 Å². The molecule has 0 saturated heterocycles. The van der Waals surface area contributed by atoms with Gasteiger partial charge in [0.1, 0.15) is 6.61 Å². The number of halogens is 3. The molecule has 2 unspecified atom stereocenters. The second-order valence-electron chi connectivity index (χ2n) is 8.11. The van der Waals surface area contributed by atoms with Crippen LogP contribution < -0.4 is 10.6 Å². The maximum Gasteiger partial charge on any atom is 0.417 e. The summed E-state index contributed by atoms with van der Waals surface area (Å²) in [6.45, 7) is 0.541. The highest BCUT2D eigenvalue weighted by molar-refractivity contribution is 5.92. The SMILES string of the molecule is CCC(COC)(NC(=O)C(NC(=O)OCC1c2ccccc2-c2ccccc21)C(F)(F)F)C(=O)O. The third kappa shape index (κ3) is 5.40. The average Bonchev–Trinajstić information content (AvgIpc) is 3.13. The summed E-state index contributed by atoms with van der Waals surface area (Å²) in [5, 5.41) is 12.8. The largest absolute Gasteiger partial charge is 0.479 e. The van der Waals surface area contributed by atoms with Crippen LogP contribution >= 0.6 is 0 Å². The van der Waals surface area contributed by atoms with E-state index >= 15 is 0 Å². The standard InChI is InChI=1S/C24H25F3N2O6/c1-3-23(13-34-2,21(31)32)29-20(30)19(24(25,26)27)28-22(33)35-12-18-16-10-6-4-8-14(16)15-9-5-7-11-17(15)18/h4-11,18-19H,3,12-13H2,1-2H3,(H,28,33)(H,29,30)(H,31,32). The first-order valence-electron chi connectivity index (χ1n) is 10.8. The van der Waals surface area contributed by atoms with Crippen molar-refractivity contribution in [3.8, 4) is 11.1 Å². The number of hydrogen-bond donors (Lipinski definition) is 3. The Hall–Kier alpha value is -3.60. The van der Waals surface area contributed by atoms with Crippen LogP contribution in [0.3, 0.4) is 0 Å². The average molecular weight is 494 g/mol. The highest BCUT2D eigenvalue weighted by Crippen LogP contribution is 2.44. The quantitative estimate of drug-likeness (QED) is 0.492. The highest BCUT2D eigenvalue weighted by Gasteiger charge is 2.50. The second-order valence-corrected chi connectivity index (χ2v) is 8.11. The van der Waals surface area contributed by atoms with Crippen LogP contribution in [0.2, 0.25) is 0 Å². The fourth-order valence-corrected chi connectivity index (χ4v) is 4.10. The first kappa shape index (κ1) is 26.0. The smallest absolute Gasteiger partial charge is 0.417 e. The van der Waals surface area contributed by atoms with Crippen LogP contribution in [0.5, 0.6) is 0 Å². The van der Waals surface area contributed by atoms with Gasteiger partial charge in [0.2, 0.25) is 6.04 Å².